The topological polar surface area (TPSA) is 86.3 Å². The highest BCUT2D eigenvalue weighted by molar-refractivity contribution is 6.37. The van der Waals surface area contributed by atoms with Crippen molar-refractivity contribution in [2.24, 2.45) is 0 Å². The maximum absolute atomic E-state index is 13.9. The number of amides is 1. The van der Waals surface area contributed by atoms with Gasteiger partial charge in [-0.1, -0.05) is 23.7 Å². The first kappa shape index (κ1) is 22.6. The molecule has 0 atom stereocenters. The molecule has 1 amide bonds. The second-order valence-electron chi connectivity index (χ2n) is 7.07. The molecule has 172 valence electrons. The molecule has 0 saturated carbocycles. The highest BCUT2D eigenvalue weighted by atomic mass is 35.5. The fourth-order valence-corrected chi connectivity index (χ4v) is 3.58. The Morgan fingerprint density at radius 3 is 2.67 bits per heavy atom. The molecule has 3 aromatic heterocycles. The van der Waals surface area contributed by atoms with Crippen LogP contribution in [0.3, 0.4) is 0 Å². The number of hydrogen-bond acceptors (Lipinski definition) is 5. The van der Waals surface area contributed by atoms with E-state index >= 15 is 0 Å². The summed E-state index contributed by atoms with van der Waals surface area (Å²) in [7, 11) is 1.45. The first-order valence-electron chi connectivity index (χ1n) is 9.78. The number of anilines is 1. The van der Waals surface area contributed by atoms with Gasteiger partial charge in [0.1, 0.15) is 10.8 Å². The van der Waals surface area contributed by atoms with E-state index in [0.29, 0.717) is 33.8 Å². The number of halogens is 4. The molecule has 0 fully saturated rings. The summed E-state index contributed by atoms with van der Waals surface area (Å²) < 4.78 is 49.0. The Hall–Kier alpha value is -3.60. The normalized spacial score (nSPS) is 11.7. The second-order valence-corrected chi connectivity index (χ2v) is 7.45. The third-order valence-electron chi connectivity index (χ3n) is 5.05. The molecular formula is C21H18ClF3N6O2. The number of methoxy groups -OCH3 is 1. The summed E-state index contributed by atoms with van der Waals surface area (Å²) >= 11 is 6.31. The van der Waals surface area contributed by atoms with E-state index < -0.39 is 17.8 Å². The molecule has 12 heteroatoms. The van der Waals surface area contributed by atoms with E-state index in [4.69, 9.17) is 16.3 Å². The molecule has 0 aliphatic rings. The number of rotatable bonds is 5. The van der Waals surface area contributed by atoms with Crippen molar-refractivity contribution in [3.05, 3.63) is 58.6 Å². The van der Waals surface area contributed by atoms with Crippen LogP contribution in [0.2, 0.25) is 5.02 Å². The van der Waals surface area contributed by atoms with Crippen molar-refractivity contribution < 1.29 is 22.7 Å². The number of nitrogens with one attached hydrogen (secondary N) is 1. The lowest BCUT2D eigenvalue weighted by atomic mass is 10.1. The fourth-order valence-electron chi connectivity index (χ4n) is 3.34. The summed E-state index contributed by atoms with van der Waals surface area (Å²) in [5, 5.41) is 10.3. The molecule has 1 aromatic carbocycles. The van der Waals surface area contributed by atoms with Gasteiger partial charge in [-0.15, -0.1) is 0 Å². The van der Waals surface area contributed by atoms with Gasteiger partial charge in [0.2, 0.25) is 0 Å². The highest BCUT2D eigenvalue weighted by Crippen LogP contribution is 2.35. The van der Waals surface area contributed by atoms with Crippen LogP contribution in [-0.4, -0.2) is 37.4 Å². The number of carbonyl (C=O) groups excluding carboxylic acids is 1. The van der Waals surface area contributed by atoms with Crippen LogP contribution in [0.15, 0.2) is 36.5 Å². The molecule has 0 spiro atoms. The fraction of sp³-hybridized carbons (Fsp3) is 0.238. The van der Waals surface area contributed by atoms with Crippen LogP contribution in [0.25, 0.3) is 16.9 Å². The van der Waals surface area contributed by atoms with Crippen LogP contribution in [-0.2, 0) is 12.7 Å². The molecule has 1 N–H and O–H groups in total. The van der Waals surface area contributed by atoms with Crippen molar-refractivity contribution >= 4 is 28.8 Å². The van der Waals surface area contributed by atoms with Gasteiger partial charge in [0.15, 0.2) is 17.0 Å². The van der Waals surface area contributed by atoms with E-state index in [-0.39, 0.29) is 22.1 Å². The molecule has 8 nitrogen and oxygen atoms in total. The lowest BCUT2D eigenvalue weighted by Crippen LogP contribution is -2.16. The van der Waals surface area contributed by atoms with E-state index in [2.05, 4.69) is 20.5 Å². The molecule has 4 aromatic rings. The lowest BCUT2D eigenvalue weighted by molar-refractivity contribution is -0.142. The van der Waals surface area contributed by atoms with Gasteiger partial charge < -0.3 is 10.1 Å². The van der Waals surface area contributed by atoms with Gasteiger partial charge in [-0.25, -0.2) is 9.50 Å². The van der Waals surface area contributed by atoms with Crippen LogP contribution < -0.4 is 10.1 Å². The van der Waals surface area contributed by atoms with Gasteiger partial charge in [0.05, 0.1) is 30.4 Å². The Labute approximate surface area is 190 Å². The first-order valence-corrected chi connectivity index (χ1v) is 10.2. The number of benzene rings is 1. The molecule has 0 saturated heterocycles. The molecule has 0 unspecified atom stereocenters. The number of nitrogens with zero attached hydrogens (tertiary/aromatic N) is 5. The summed E-state index contributed by atoms with van der Waals surface area (Å²) in [4.78, 5) is 17.1. The molecule has 3 heterocycles. The Morgan fingerprint density at radius 1 is 1.27 bits per heavy atom. The summed E-state index contributed by atoms with van der Waals surface area (Å²) in [5.41, 5.74) is -0.343. The predicted molar refractivity (Wildman–Crippen MR) is 116 cm³/mol. The number of fused-ring (bicyclic) bond motifs is 1. The second kappa shape index (κ2) is 8.39. The standard InChI is InChI=1S/C21H18ClF3N6O2/c1-4-30-11(2)15(10-26-30)28-20(32)18-17(22)19-27-14(12-6-5-7-13(8-12)33-3)9-16(21(23,24)25)31(19)29-18/h5-10H,4H2,1-3H3,(H,28,32). The summed E-state index contributed by atoms with van der Waals surface area (Å²) in [6.45, 7) is 4.22. The van der Waals surface area contributed by atoms with Crippen LogP contribution in [0, 0.1) is 6.92 Å². The molecule has 0 aliphatic heterocycles. The Balaban J connectivity index is 1.84. The average molecular weight is 479 g/mol. The number of aromatic nitrogens is 5. The summed E-state index contributed by atoms with van der Waals surface area (Å²) in [5.74, 6) is -0.328. The zero-order valence-corrected chi connectivity index (χ0v) is 18.5. The van der Waals surface area contributed by atoms with Gasteiger partial charge in [0.25, 0.3) is 5.91 Å². The van der Waals surface area contributed by atoms with Gasteiger partial charge in [0, 0.05) is 12.1 Å². The molecule has 33 heavy (non-hydrogen) atoms. The zero-order valence-electron chi connectivity index (χ0n) is 17.7. The van der Waals surface area contributed by atoms with Crippen molar-refractivity contribution in [1.29, 1.82) is 0 Å². The van der Waals surface area contributed by atoms with E-state index in [1.807, 2.05) is 6.92 Å². The third kappa shape index (κ3) is 4.11. The third-order valence-corrected chi connectivity index (χ3v) is 5.40. The minimum atomic E-state index is -4.78. The van der Waals surface area contributed by atoms with E-state index in [1.165, 1.54) is 13.3 Å². The van der Waals surface area contributed by atoms with Crippen LogP contribution in [0.4, 0.5) is 18.9 Å². The van der Waals surface area contributed by atoms with Crippen molar-refractivity contribution in [3.8, 4) is 17.0 Å². The maximum atomic E-state index is 13.9. The summed E-state index contributed by atoms with van der Waals surface area (Å²) in [6, 6.07) is 7.27. The number of ether oxygens (including phenoxy) is 1. The van der Waals surface area contributed by atoms with Crippen LogP contribution in [0.1, 0.15) is 28.8 Å². The van der Waals surface area contributed by atoms with Crippen molar-refractivity contribution in [3.63, 3.8) is 0 Å². The largest absolute Gasteiger partial charge is 0.497 e. The summed E-state index contributed by atoms with van der Waals surface area (Å²) in [6.07, 6.45) is -3.34. The van der Waals surface area contributed by atoms with E-state index in [1.54, 1.807) is 35.9 Å². The highest BCUT2D eigenvalue weighted by Gasteiger charge is 2.37. The van der Waals surface area contributed by atoms with Crippen molar-refractivity contribution in [1.82, 2.24) is 24.4 Å². The molecule has 0 bridgehead atoms. The van der Waals surface area contributed by atoms with Crippen LogP contribution >= 0.6 is 11.6 Å². The van der Waals surface area contributed by atoms with Crippen LogP contribution in [0.5, 0.6) is 5.75 Å². The average Bonchev–Trinajstić information content (AvgIpc) is 3.31. The Kier molecular flexibility index (Phi) is 5.75. The van der Waals surface area contributed by atoms with Crippen molar-refractivity contribution in [2.75, 3.05) is 12.4 Å². The lowest BCUT2D eigenvalue weighted by Gasteiger charge is -2.11. The van der Waals surface area contributed by atoms with Crippen molar-refractivity contribution in [2.45, 2.75) is 26.6 Å². The van der Waals surface area contributed by atoms with Gasteiger partial charge in [-0.3, -0.25) is 9.48 Å². The molecule has 4 rings (SSSR count). The van der Waals surface area contributed by atoms with Gasteiger partial charge in [-0.05, 0) is 32.0 Å². The molecule has 0 aliphatic carbocycles. The number of alkyl halides is 3. The minimum absolute atomic E-state index is 0.00236. The number of aryl methyl sites for hydroxylation is 1. The van der Waals surface area contributed by atoms with E-state index in [9.17, 15) is 18.0 Å². The predicted octanol–water partition coefficient (Wildman–Crippen LogP) is 4.85. The Morgan fingerprint density at radius 2 is 2.03 bits per heavy atom. The Bertz CT molecular complexity index is 1360. The number of carbonyl (C=O) groups is 1. The molecular weight excluding hydrogens is 461 g/mol. The van der Waals surface area contributed by atoms with E-state index in [0.717, 1.165) is 6.07 Å². The monoisotopic (exact) mass is 478 g/mol. The maximum Gasteiger partial charge on any atom is 0.433 e. The first-order chi connectivity index (χ1) is 15.6. The minimum Gasteiger partial charge on any atom is -0.497 e. The molecule has 0 radical (unpaired) electrons. The van der Waals surface area contributed by atoms with Gasteiger partial charge in [-0.2, -0.15) is 23.4 Å². The van der Waals surface area contributed by atoms with Gasteiger partial charge >= 0.3 is 6.18 Å². The smallest absolute Gasteiger partial charge is 0.433 e. The quantitative estimate of drug-likeness (QED) is 0.443. The SMILES string of the molecule is CCn1ncc(NC(=O)c2nn3c(C(F)(F)F)cc(-c4cccc(OC)c4)nc3c2Cl)c1C. The number of hydrogen-bond donors (Lipinski definition) is 1. The zero-order chi connectivity index (χ0) is 23.9.